The highest BCUT2D eigenvalue weighted by Gasteiger charge is 2.20. The standard InChI is InChI=1S/C16H20N4O2/c1-18-7-6-17-15(16(18)21)20-10-8-19(9-11-20)13-4-3-5-14(12-13)22-2/h3-7,12H,8-11H2,1-2H3. The molecule has 0 aliphatic carbocycles. The smallest absolute Gasteiger partial charge is 0.293 e. The molecule has 6 heteroatoms. The van der Waals surface area contributed by atoms with Crippen molar-refractivity contribution in [2.75, 3.05) is 43.1 Å². The van der Waals surface area contributed by atoms with Gasteiger partial charge in [-0.05, 0) is 12.1 Å². The van der Waals surface area contributed by atoms with E-state index in [1.807, 2.05) is 18.2 Å². The average Bonchev–Trinajstić information content (AvgIpc) is 2.58. The van der Waals surface area contributed by atoms with Crippen molar-refractivity contribution in [2.24, 2.45) is 7.05 Å². The number of benzene rings is 1. The lowest BCUT2D eigenvalue weighted by molar-refractivity contribution is 0.414. The van der Waals surface area contributed by atoms with Gasteiger partial charge in [-0.15, -0.1) is 0 Å². The predicted molar refractivity (Wildman–Crippen MR) is 86.9 cm³/mol. The maximum atomic E-state index is 12.1. The molecule has 0 bridgehead atoms. The van der Waals surface area contributed by atoms with Crippen LogP contribution in [0, 0.1) is 0 Å². The molecule has 6 nitrogen and oxygen atoms in total. The quantitative estimate of drug-likeness (QED) is 0.850. The van der Waals surface area contributed by atoms with E-state index >= 15 is 0 Å². The van der Waals surface area contributed by atoms with Gasteiger partial charge < -0.3 is 19.1 Å². The molecule has 1 aliphatic heterocycles. The Balaban J connectivity index is 1.72. The highest BCUT2D eigenvalue weighted by Crippen LogP contribution is 2.22. The van der Waals surface area contributed by atoms with Gasteiger partial charge in [0.2, 0.25) is 0 Å². The number of rotatable bonds is 3. The summed E-state index contributed by atoms with van der Waals surface area (Å²) in [5.41, 5.74) is 1.10. The lowest BCUT2D eigenvalue weighted by Gasteiger charge is -2.36. The van der Waals surface area contributed by atoms with Crippen LogP contribution in [0.3, 0.4) is 0 Å². The van der Waals surface area contributed by atoms with E-state index in [4.69, 9.17) is 4.74 Å². The molecule has 22 heavy (non-hydrogen) atoms. The Bertz CT molecular complexity index is 705. The third-order valence-corrected chi connectivity index (χ3v) is 4.00. The van der Waals surface area contributed by atoms with Gasteiger partial charge in [0.05, 0.1) is 7.11 Å². The van der Waals surface area contributed by atoms with Gasteiger partial charge in [0.25, 0.3) is 5.56 Å². The second-order valence-corrected chi connectivity index (χ2v) is 5.34. The molecule has 0 unspecified atom stereocenters. The van der Waals surface area contributed by atoms with Crippen LogP contribution in [-0.4, -0.2) is 42.8 Å². The summed E-state index contributed by atoms with van der Waals surface area (Å²) < 4.78 is 6.84. The molecule has 0 atom stereocenters. The Hall–Kier alpha value is -2.50. The summed E-state index contributed by atoms with van der Waals surface area (Å²) >= 11 is 0. The van der Waals surface area contributed by atoms with E-state index in [0.717, 1.165) is 37.6 Å². The SMILES string of the molecule is COc1cccc(N2CCN(c3nccn(C)c3=O)CC2)c1. The van der Waals surface area contributed by atoms with Gasteiger partial charge in [0.1, 0.15) is 5.75 Å². The minimum absolute atomic E-state index is 0.0441. The third kappa shape index (κ3) is 2.77. The lowest BCUT2D eigenvalue weighted by Crippen LogP contribution is -2.48. The molecule has 0 radical (unpaired) electrons. The number of ether oxygens (including phenoxy) is 1. The van der Waals surface area contributed by atoms with Crippen LogP contribution in [0.5, 0.6) is 5.75 Å². The number of hydrogen-bond donors (Lipinski definition) is 0. The first-order valence-electron chi connectivity index (χ1n) is 7.34. The Kier molecular flexibility index (Phi) is 4.00. The third-order valence-electron chi connectivity index (χ3n) is 4.00. The fourth-order valence-corrected chi connectivity index (χ4v) is 2.69. The fourth-order valence-electron chi connectivity index (χ4n) is 2.69. The van der Waals surface area contributed by atoms with Crippen LogP contribution >= 0.6 is 0 Å². The first-order chi connectivity index (χ1) is 10.7. The Morgan fingerprint density at radius 3 is 2.59 bits per heavy atom. The van der Waals surface area contributed by atoms with E-state index < -0.39 is 0 Å². The van der Waals surface area contributed by atoms with E-state index in [1.54, 1.807) is 31.1 Å². The second kappa shape index (κ2) is 6.09. The van der Waals surface area contributed by atoms with Crippen LogP contribution in [0.15, 0.2) is 41.5 Å². The molecule has 2 aromatic rings. The van der Waals surface area contributed by atoms with E-state index in [0.29, 0.717) is 5.82 Å². The van der Waals surface area contributed by atoms with Crippen LogP contribution in [-0.2, 0) is 7.05 Å². The number of aromatic nitrogens is 2. The first-order valence-corrected chi connectivity index (χ1v) is 7.34. The van der Waals surface area contributed by atoms with Gasteiger partial charge in [-0.2, -0.15) is 0 Å². The van der Waals surface area contributed by atoms with Gasteiger partial charge >= 0.3 is 0 Å². The molecular formula is C16H20N4O2. The summed E-state index contributed by atoms with van der Waals surface area (Å²) in [7, 11) is 3.42. The zero-order valence-corrected chi connectivity index (χ0v) is 12.9. The first kappa shape index (κ1) is 14.4. The summed E-state index contributed by atoms with van der Waals surface area (Å²) in [6.45, 7) is 3.27. The van der Waals surface area contributed by atoms with E-state index in [-0.39, 0.29) is 5.56 Å². The number of anilines is 2. The molecule has 1 aromatic heterocycles. The Morgan fingerprint density at radius 2 is 1.86 bits per heavy atom. The van der Waals surface area contributed by atoms with E-state index in [2.05, 4.69) is 20.9 Å². The maximum absolute atomic E-state index is 12.1. The van der Waals surface area contributed by atoms with Crippen molar-refractivity contribution in [3.05, 3.63) is 47.0 Å². The summed E-state index contributed by atoms with van der Waals surface area (Å²) in [5.74, 6) is 1.40. The van der Waals surface area contributed by atoms with Crippen molar-refractivity contribution in [1.29, 1.82) is 0 Å². The molecule has 2 heterocycles. The van der Waals surface area contributed by atoms with Crippen LogP contribution < -0.4 is 20.1 Å². The second-order valence-electron chi connectivity index (χ2n) is 5.34. The minimum atomic E-state index is -0.0441. The monoisotopic (exact) mass is 300 g/mol. The number of piperazine rings is 1. The van der Waals surface area contributed by atoms with Gasteiger partial charge in [-0.1, -0.05) is 6.07 Å². The molecule has 1 aliphatic rings. The normalized spacial score (nSPS) is 15.0. The molecule has 1 aromatic carbocycles. The molecule has 116 valence electrons. The molecule has 3 rings (SSSR count). The van der Waals surface area contributed by atoms with Crippen LogP contribution in [0.2, 0.25) is 0 Å². The zero-order valence-electron chi connectivity index (χ0n) is 12.9. The van der Waals surface area contributed by atoms with Gasteiger partial charge in [-0.25, -0.2) is 4.98 Å². The van der Waals surface area contributed by atoms with Crippen molar-refractivity contribution in [3.8, 4) is 5.75 Å². The molecular weight excluding hydrogens is 280 g/mol. The zero-order chi connectivity index (χ0) is 15.5. The number of nitrogens with zero attached hydrogens (tertiary/aromatic N) is 4. The molecule has 0 amide bonds. The van der Waals surface area contributed by atoms with Crippen molar-refractivity contribution in [1.82, 2.24) is 9.55 Å². The van der Waals surface area contributed by atoms with Crippen LogP contribution in [0.4, 0.5) is 11.5 Å². The summed E-state index contributed by atoms with van der Waals surface area (Å²) in [6, 6.07) is 8.06. The van der Waals surface area contributed by atoms with Crippen molar-refractivity contribution in [2.45, 2.75) is 0 Å². The fraction of sp³-hybridized carbons (Fsp3) is 0.375. The number of hydrogen-bond acceptors (Lipinski definition) is 5. The van der Waals surface area contributed by atoms with Gasteiger partial charge in [-0.3, -0.25) is 4.79 Å². The Morgan fingerprint density at radius 1 is 1.14 bits per heavy atom. The predicted octanol–water partition coefficient (Wildman–Crippen LogP) is 1.12. The summed E-state index contributed by atoms with van der Waals surface area (Å²) in [6.07, 6.45) is 3.35. The molecule has 1 saturated heterocycles. The number of aryl methyl sites for hydroxylation is 1. The molecule has 0 spiro atoms. The minimum Gasteiger partial charge on any atom is -0.497 e. The highest BCUT2D eigenvalue weighted by atomic mass is 16.5. The molecule has 1 fully saturated rings. The summed E-state index contributed by atoms with van der Waals surface area (Å²) in [5, 5.41) is 0. The van der Waals surface area contributed by atoms with Gasteiger partial charge in [0, 0.05) is 57.4 Å². The largest absolute Gasteiger partial charge is 0.497 e. The highest BCUT2D eigenvalue weighted by molar-refractivity contribution is 5.52. The maximum Gasteiger partial charge on any atom is 0.293 e. The van der Waals surface area contributed by atoms with E-state index in [1.165, 1.54) is 0 Å². The Labute approximate surface area is 129 Å². The molecule has 0 N–H and O–H groups in total. The van der Waals surface area contributed by atoms with Crippen molar-refractivity contribution >= 4 is 11.5 Å². The lowest BCUT2D eigenvalue weighted by atomic mass is 10.2. The van der Waals surface area contributed by atoms with E-state index in [9.17, 15) is 4.79 Å². The van der Waals surface area contributed by atoms with Crippen LogP contribution in [0.1, 0.15) is 0 Å². The van der Waals surface area contributed by atoms with Crippen molar-refractivity contribution < 1.29 is 4.74 Å². The van der Waals surface area contributed by atoms with Gasteiger partial charge in [0.15, 0.2) is 5.82 Å². The summed E-state index contributed by atoms with van der Waals surface area (Å²) in [4.78, 5) is 20.7. The molecule has 0 saturated carbocycles. The van der Waals surface area contributed by atoms with Crippen molar-refractivity contribution in [3.63, 3.8) is 0 Å². The topological polar surface area (TPSA) is 50.6 Å². The average molecular weight is 300 g/mol. The van der Waals surface area contributed by atoms with Crippen LogP contribution in [0.25, 0.3) is 0 Å². The number of methoxy groups -OCH3 is 1.